The van der Waals surface area contributed by atoms with E-state index in [1.807, 2.05) is 24.3 Å². The minimum Gasteiger partial charge on any atom is -0.494 e. The summed E-state index contributed by atoms with van der Waals surface area (Å²) < 4.78 is 18.4. The van der Waals surface area contributed by atoms with Crippen LogP contribution in [0.2, 0.25) is 5.02 Å². The Hall–Kier alpha value is -1.74. The van der Waals surface area contributed by atoms with Gasteiger partial charge in [0.15, 0.2) is 0 Å². The van der Waals surface area contributed by atoms with E-state index < -0.39 is 0 Å². The molecule has 106 valence electrons. The van der Waals surface area contributed by atoms with Crippen molar-refractivity contribution < 1.29 is 9.13 Å². The van der Waals surface area contributed by atoms with Gasteiger partial charge < -0.3 is 10.1 Å². The maximum Gasteiger partial charge on any atom is 0.144 e. The third kappa shape index (κ3) is 3.42. The molecule has 0 saturated heterocycles. The van der Waals surface area contributed by atoms with Gasteiger partial charge >= 0.3 is 0 Å². The van der Waals surface area contributed by atoms with E-state index in [9.17, 15) is 4.39 Å². The first-order valence-corrected chi connectivity index (χ1v) is 6.87. The van der Waals surface area contributed by atoms with Crippen LogP contribution in [-0.2, 0) is 0 Å². The average molecular weight is 294 g/mol. The lowest BCUT2D eigenvalue weighted by atomic mass is 10.0. The Morgan fingerprint density at radius 2 is 1.90 bits per heavy atom. The zero-order valence-electron chi connectivity index (χ0n) is 11.5. The predicted octanol–water partition coefficient (Wildman–Crippen LogP) is 5.05. The largest absolute Gasteiger partial charge is 0.494 e. The Balaban J connectivity index is 2.24. The van der Waals surface area contributed by atoms with Gasteiger partial charge in [0.25, 0.3) is 0 Å². The third-order valence-corrected chi connectivity index (χ3v) is 3.43. The second-order valence-corrected chi connectivity index (χ2v) is 4.94. The third-order valence-electron chi connectivity index (χ3n) is 3.17. The molecule has 0 aliphatic rings. The van der Waals surface area contributed by atoms with Gasteiger partial charge in [-0.05, 0) is 36.2 Å². The van der Waals surface area contributed by atoms with Gasteiger partial charge in [-0.25, -0.2) is 4.39 Å². The molecule has 2 rings (SSSR count). The van der Waals surface area contributed by atoms with Crippen LogP contribution in [0.15, 0.2) is 42.5 Å². The molecule has 2 nitrogen and oxygen atoms in total. The van der Waals surface area contributed by atoms with Crippen LogP contribution in [0.1, 0.15) is 24.9 Å². The van der Waals surface area contributed by atoms with Crippen molar-refractivity contribution in [1.29, 1.82) is 0 Å². The average Bonchev–Trinajstić information content (AvgIpc) is 2.47. The molecule has 1 atom stereocenters. The number of nitrogens with one attached hydrogen (secondary N) is 1. The van der Waals surface area contributed by atoms with Crippen LogP contribution >= 0.6 is 11.6 Å². The lowest BCUT2D eigenvalue weighted by molar-refractivity contribution is 0.412. The van der Waals surface area contributed by atoms with Crippen molar-refractivity contribution in [1.82, 2.24) is 0 Å². The molecule has 1 unspecified atom stereocenters. The number of halogens is 2. The summed E-state index contributed by atoms with van der Waals surface area (Å²) in [4.78, 5) is 0. The van der Waals surface area contributed by atoms with Crippen LogP contribution in [0.25, 0.3) is 0 Å². The topological polar surface area (TPSA) is 21.3 Å². The van der Waals surface area contributed by atoms with E-state index in [2.05, 4.69) is 12.2 Å². The zero-order valence-corrected chi connectivity index (χ0v) is 12.2. The molecular formula is C16H17ClFNO. The van der Waals surface area contributed by atoms with E-state index in [1.165, 1.54) is 19.2 Å². The van der Waals surface area contributed by atoms with Gasteiger partial charge in [0, 0.05) is 11.1 Å². The molecule has 2 aromatic carbocycles. The van der Waals surface area contributed by atoms with Crippen LogP contribution < -0.4 is 10.1 Å². The summed E-state index contributed by atoms with van der Waals surface area (Å²) in [7, 11) is 1.53. The number of methoxy groups -OCH3 is 1. The van der Waals surface area contributed by atoms with Crippen molar-refractivity contribution >= 4 is 17.3 Å². The molecular weight excluding hydrogens is 277 g/mol. The molecule has 0 amide bonds. The second-order valence-electron chi connectivity index (χ2n) is 4.50. The Bertz CT molecular complexity index is 571. The van der Waals surface area contributed by atoms with Crippen LogP contribution in [0.3, 0.4) is 0 Å². The normalized spacial score (nSPS) is 12.0. The van der Waals surface area contributed by atoms with Crippen molar-refractivity contribution in [2.45, 2.75) is 19.4 Å². The maximum absolute atomic E-state index is 13.2. The first kappa shape index (κ1) is 14.7. The highest BCUT2D eigenvalue weighted by atomic mass is 35.5. The molecule has 0 aliphatic heterocycles. The monoisotopic (exact) mass is 293 g/mol. The second kappa shape index (κ2) is 6.62. The smallest absolute Gasteiger partial charge is 0.144 e. The van der Waals surface area contributed by atoms with Crippen molar-refractivity contribution in [3.8, 4) is 5.75 Å². The molecule has 0 saturated carbocycles. The van der Waals surface area contributed by atoms with Crippen molar-refractivity contribution in [3.05, 3.63) is 58.9 Å². The van der Waals surface area contributed by atoms with E-state index in [-0.39, 0.29) is 11.9 Å². The lowest BCUT2D eigenvalue weighted by Crippen LogP contribution is -2.10. The molecule has 0 heterocycles. The van der Waals surface area contributed by atoms with Gasteiger partial charge in [0.1, 0.15) is 11.6 Å². The standard InChI is InChI=1S/C16H17ClFNO/c1-3-14(11-4-6-12(17)7-5-11)19-15-9-8-13(18)10-16(15)20-2/h4-10,14,19H,3H2,1-2H3. The number of hydrogen-bond donors (Lipinski definition) is 1. The van der Waals surface area contributed by atoms with E-state index in [0.29, 0.717) is 10.8 Å². The number of hydrogen-bond acceptors (Lipinski definition) is 2. The van der Waals surface area contributed by atoms with Crippen molar-refractivity contribution in [2.24, 2.45) is 0 Å². The van der Waals surface area contributed by atoms with Gasteiger partial charge in [-0.15, -0.1) is 0 Å². The van der Waals surface area contributed by atoms with E-state index in [4.69, 9.17) is 16.3 Å². The summed E-state index contributed by atoms with van der Waals surface area (Å²) in [5, 5.41) is 4.09. The summed E-state index contributed by atoms with van der Waals surface area (Å²) >= 11 is 5.90. The molecule has 0 bridgehead atoms. The van der Waals surface area contributed by atoms with Gasteiger partial charge in [0.2, 0.25) is 0 Å². The zero-order chi connectivity index (χ0) is 14.5. The van der Waals surface area contributed by atoms with E-state index >= 15 is 0 Å². The first-order valence-electron chi connectivity index (χ1n) is 6.49. The Kier molecular flexibility index (Phi) is 4.85. The Morgan fingerprint density at radius 3 is 2.50 bits per heavy atom. The Labute approximate surface area is 123 Å². The number of ether oxygens (including phenoxy) is 1. The molecule has 0 aromatic heterocycles. The van der Waals surface area contributed by atoms with Gasteiger partial charge in [-0.3, -0.25) is 0 Å². The van der Waals surface area contributed by atoms with Gasteiger partial charge in [0.05, 0.1) is 18.8 Å². The SMILES string of the molecule is CCC(Nc1ccc(F)cc1OC)c1ccc(Cl)cc1. The molecule has 2 aromatic rings. The summed E-state index contributed by atoms with van der Waals surface area (Å²) in [5.74, 6) is 0.185. The minimum absolute atomic E-state index is 0.117. The molecule has 0 aliphatic carbocycles. The fraction of sp³-hybridized carbons (Fsp3) is 0.250. The van der Waals surface area contributed by atoms with E-state index in [0.717, 1.165) is 17.7 Å². The first-order chi connectivity index (χ1) is 9.63. The summed E-state index contributed by atoms with van der Waals surface area (Å²) in [6, 6.07) is 12.3. The van der Waals surface area contributed by atoms with Crippen LogP contribution in [-0.4, -0.2) is 7.11 Å². The molecule has 0 fully saturated rings. The molecule has 20 heavy (non-hydrogen) atoms. The van der Waals surface area contributed by atoms with Crippen molar-refractivity contribution in [2.75, 3.05) is 12.4 Å². The van der Waals surface area contributed by atoms with Gasteiger partial charge in [-0.2, -0.15) is 0 Å². The minimum atomic E-state index is -0.313. The van der Waals surface area contributed by atoms with Crippen molar-refractivity contribution in [3.63, 3.8) is 0 Å². The molecule has 0 radical (unpaired) electrons. The fourth-order valence-electron chi connectivity index (χ4n) is 2.09. The summed E-state index contributed by atoms with van der Waals surface area (Å²) in [5.41, 5.74) is 1.90. The molecule has 4 heteroatoms. The number of benzene rings is 2. The fourth-order valence-corrected chi connectivity index (χ4v) is 2.21. The lowest BCUT2D eigenvalue weighted by Gasteiger charge is -2.20. The van der Waals surface area contributed by atoms with Crippen LogP contribution in [0, 0.1) is 5.82 Å². The highest BCUT2D eigenvalue weighted by Gasteiger charge is 2.12. The quantitative estimate of drug-likeness (QED) is 0.833. The molecule has 0 spiro atoms. The predicted molar refractivity (Wildman–Crippen MR) is 81.1 cm³/mol. The maximum atomic E-state index is 13.2. The highest BCUT2D eigenvalue weighted by molar-refractivity contribution is 6.30. The van der Waals surface area contributed by atoms with E-state index in [1.54, 1.807) is 6.07 Å². The Morgan fingerprint density at radius 1 is 1.20 bits per heavy atom. The number of anilines is 1. The van der Waals surface area contributed by atoms with Crippen LogP contribution in [0.5, 0.6) is 5.75 Å². The highest BCUT2D eigenvalue weighted by Crippen LogP contribution is 2.30. The van der Waals surface area contributed by atoms with Gasteiger partial charge in [-0.1, -0.05) is 30.7 Å². The van der Waals surface area contributed by atoms with Crippen LogP contribution in [0.4, 0.5) is 10.1 Å². The molecule has 1 N–H and O–H groups in total. The number of rotatable bonds is 5. The summed E-state index contributed by atoms with van der Waals surface area (Å²) in [6.45, 7) is 2.09. The summed E-state index contributed by atoms with van der Waals surface area (Å²) in [6.07, 6.45) is 0.891.